The fourth-order valence-electron chi connectivity index (χ4n) is 1.50. The highest BCUT2D eigenvalue weighted by atomic mass is 79.9. The van der Waals surface area contributed by atoms with Crippen molar-refractivity contribution in [3.05, 3.63) is 12.2 Å². The van der Waals surface area contributed by atoms with Gasteiger partial charge in [0.15, 0.2) is 0 Å². The zero-order valence-electron chi connectivity index (χ0n) is 11.2. The maximum atomic E-state index is 10.00. The highest BCUT2D eigenvalue weighted by Crippen LogP contribution is 2.26. The first-order valence-corrected chi connectivity index (χ1v) is 7.30. The molecule has 0 aliphatic carbocycles. The van der Waals surface area contributed by atoms with Gasteiger partial charge in [0.1, 0.15) is 0 Å². The summed E-state index contributed by atoms with van der Waals surface area (Å²) < 4.78 is 0. The molecule has 2 atom stereocenters. The third-order valence-electron chi connectivity index (χ3n) is 2.73. The van der Waals surface area contributed by atoms with Gasteiger partial charge in [-0.05, 0) is 18.3 Å². The SMILES string of the molecule is CCCCCC/C=C/[C@H](Br)[C@H](O)C(C)(C)C. The van der Waals surface area contributed by atoms with Gasteiger partial charge in [-0.2, -0.15) is 0 Å². The van der Waals surface area contributed by atoms with Crippen molar-refractivity contribution in [1.82, 2.24) is 0 Å². The largest absolute Gasteiger partial charge is 0.391 e. The van der Waals surface area contributed by atoms with E-state index in [0.717, 1.165) is 6.42 Å². The van der Waals surface area contributed by atoms with Crippen LogP contribution in [0.3, 0.4) is 0 Å². The van der Waals surface area contributed by atoms with Gasteiger partial charge in [-0.25, -0.2) is 0 Å². The fraction of sp³-hybridized carbons (Fsp3) is 0.857. The number of aliphatic hydroxyl groups is 1. The van der Waals surface area contributed by atoms with Crippen molar-refractivity contribution in [2.75, 3.05) is 0 Å². The van der Waals surface area contributed by atoms with E-state index in [1.165, 1.54) is 25.7 Å². The van der Waals surface area contributed by atoms with E-state index in [1.807, 2.05) is 0 Å². The molecule has 0 spiro atoms. The molecule has 0 fully saturated rings. The van der Waals surface area contributed by atoms with Gasteiger partial charge < -0.3 is 5.11 Å². The highest BCUT2D eigenvalue weighted by Gasteiger charge is 2.26. The van der Waals surface area contributed by atoms with Crippen LogP contribution in [0.25, 0.3) is 0 Å². The summed E-state index contributed by atoms with van der Waals surface area (Å²) >= 11 is 3.53. The minimum atomic E-state index is -0.334. The van der Waals surface area contributed by atoms with Gasteiger partial charge in [0.2, 0.25) is 0 Å². The van der Waals surface area contributed by atoms with E-state index < -0.39 is 0 Å². The molecular formula is C14H27BrO. The summed E-state index contributed by atoms with van der Waals surface area (Å²) in [5, 5.41) is 10.00. The molecule has 0 unspecified atom stereocenters. The van der Waals surface area contributed by atoms with Crippen molar-refractivity contribution < 1.29 is 5.11 Å². The van der Waals surface area contributed by atoms with Gasteiger partial charge in [-0.1, -0.05) is 75.0 Å². The van der Waals surface area contributed by atoms with Crippen molar-refractivity contribution in [2.45, 2.75) is 70.7 Å². The normalized spacial score (nSPS) is 16.6. The summed E-state index contributed by atoms with van der Waals surface area (Å²) in [7, 11) is 0. The number of hydrogen-bond donors (Lipinski definition) is 1. The number of hydrogen-bond acceptors (Lipinski definition) is 1. The Morgan fingerprint density at radius 2 is 1.81 bits per heavy atom. The van der Waals surface area contributed by atoms with Gasteiger partial charge in [-0.15, -0.1) is 0 Å². The lowest BCUT2D eigenvalue weighted by Gasteiger charge is -2.28. The van der Waals surface area contributed by atoms with Gasteiger partial charge >= 0.3 is 0 Å². The van der Waals surface area contributed by atoms with Crippen LogP contribution in [0.1, 0.15) is 59.8 Å². The molecular weight excluding hydrogens is 264 g/mol. The lowest BCUT2D eigenvalue weighted by atomic mass is 9.87. The second-order valence-corrected chi connectivity index (χ2v) is 6.59. The molecule has 1 N–H and O–H groups in total. The Hall–Kier alpha value is 0.180. The Morgan fingerprint density at radius 3 is 2.31 bits per heavy atom. The predicted octanol–water partition coefficient (Wildman–Crippen LogP) is 4.68. The summed E-state index contributed by atoms with van der Waals surface area (Å²) in [6.07, 6.45) is 10.2. The smallest absolute Gasteiger partial charge is 0.0748 e. The molecule has 2 heteroatoms. The van der Waals surface area contributed by atoms with Gasteiger partial charge in [-0.3, -0.25) is 0 Å². The van der Waals surface area contributed by atoms with Crippen LogP contribution in [0.15, 0.2) is 12.2 Å². The Labute approximate surface area is 109 Å². The van der Waals surface area contributed by atoms with E-state index in [2.05, 4.69) is 55.8 Å². The number of unbranched alkanes of at least 4 members (excludes halogenated alkanes) is 4. The van der Waals surface area contributed by atoms with Crippen LogP contribution in [0.4, 0.5) is 0 Å². The van der Waals surface area contributed by atoms with Crippen LogP contribution in [0.5, 0.6) is 0 Å². The first-order valence-electron chi connectivity index (χ1n) is 6.38. The Balaban J connectivity index is 3.78. The Morgan fingerprint density at radius 1 is 1.19 bits per heavy atom. The molecule has 0 amide bonds. The summed E-state index contributed by atoms with van der Waals surface area (Å²) in [6, 6.07) is 0. The van der Waals surface area contributed by atoms with E-state index in [1.54, 1.807) is 0 Å². The summed E-state index contributed by atoms with van der Waals surface area (Å²) in [6.45, 7) is 8.40. The second kappa shape index (κ2) is 8.30. The molecule has 0 radical (unpaired) electrons. The van der Waals surface area contributed by atoms with Gasteiger partial charge in [0.05, 0.1) is 10.9 Å². The Kier molecular flexibility index (Phi) is 8.39. The molecule has 0 heterocycles. The average molecular weight is 291 g/mol. The van der Waals surface area contributed by atoms with E-state index in [0.29, 0.717) is 0 Å². The third-order valence-corrected chi connectivity index (χ3v) is 3.54. The van der Waals surface area contributed by atoms with Crippen LogP contribution >= 0.6 is 15.9 Å². The molecule has 0 aliphatic heterocycles. The van der Waals surface area contributed by atoms with Crippen molar-refractivity contribution in [1.29, 1.82) is 0 Å². The van der Waals surface area contributed by atoms with Crippen LogP contribution in [-0.2, 0) is 0 Å². The molecule has 0 aromatic rings. The number of halogens is 1. The van der Waals surface area contributed by atoms with Crippen LogP contribution in [0, 0.1) is 5.41 Å². The molecule has 0 aliphatic rings. The summed E-state index contributed by atoms with van der Waals surface area (Å²) in [4.78, 5) is 0.0682. The molecule has 96 valence electrons. The standard InChI is InChI=1S/C14H27BrO/c1-5-6-7-8-9-10-11-12(15)13(16)14(2,3)4/h10-13,16H,5-9H2,1-4H3/b11-10+/t12-,13-/m0/s1. The molecule has 0 aromatic heterocycles. The lowest BCUT2D eigenvalue weighted by molar-refractivity contribution is 0.0717. The zero-order valence-corrected chi connectivity index (χ0v) is 12.8. The molecule has 0 bridgehead atoms. The molecule has 0 rings (SSSR count). The molecule has 16 heavy (non-hydrogen) atoms. The quantitative estimate of drug-likeness (QED) is 0.410. The first-order chi connectivity index (χ1) is 7.39. The van der Waals surface area contributed by atoms with Crippen molar-refractivity contribution >= 4 is 15.9 Å². The predicted molar refractivity (Wildman–Crippen MR) is 76.1 cm³/mol. The third kappa shape index (κ3) is 7.45. The number of rotatable bonds is 7. The van der Waals surface area contributed by atoms with Crippen molar-refractivity contribution in [3.8, 4) is 0 Å². The summed E-state index contributed by atoms with van der Waals surface area (Å²) in [5.41, 5.74) is -0.0687. The van der Waals surface area contributed by atoms with Crippen LogP contribution in [0.2, 0.25) is 0 Å². The lowest BCUT2D eigenvalue weighted by Crippen LogP contribution is -2.33. The topological polar surface area (TPSA) is 20.2 Å². The number of allylic oxidation sites excluding steroid dienone is 1. The maximum absolute atomic E-state index is 10.00. The minimum absolute atomic E-state index is 0.0682. The molecule has 0 aromatic carbocycles. The van der Waals surface area contributed by atoms with Crippen LogP contribution in [-0.4, -0.2) is 16.0 Å². The van der Waals surface area contributed by atoms with E-state index in [-0.39, 0.29) is 16.3 Å². The number of aliphatic hydroxyl groups excluding tert-OH is 1. The molecule has 0 saturated carbocycles. The highest BCUT2D eigenvalue weighted by molar-refractivity contribution is 9.09. The average Bonchev–Trinajstić information content (AvgIpc) is 2.20. The number of alkyl halides is 1. The molecule has 1 nitrogen and oxygen atoms in total. The monoisotopic (exact) mass is 290 g/mol. The zero-order chi connectivity index (χ0) is 12.6. The van der Waals surface area contributed by atoms with Crippen molar-refractivity contribution in [3.63, 3.8) is 0 Å². The second-order valence-electron chi connectivity index (χ2n) is 5.53. The van der Waals surface area contributed by atoms with E-state index in [9.17, 15) is 5.11 Å². The fourth-order valence-corrected chi connectivity index (χ4v) is 2.51. The molecule has 0 saturated heterocycles. The summed E-state index contributed by atoms with van der Waals surface area (Å²) in [5.74, 6) is 0. The Bertz CT molecular complexity index is 193. The van der Waals surface area contributed by atoms with Gasteiger partial charge in [0.25, 0.3) is 0 Å². The van der Waals surface area contributed by atoms with Crippen molar-refractivity contribution in [2.24, 2.45) is 5.41 Å². The van der Waals surface area contributed by atoms with E-state index >= 15 is 0 Å². The maximum Gasteiger partial charge on any atom is 0.0748 e. The minimum Gasteiger partial charge on any atom is -0.391 e. The van der Waals surface area contributed by atoms with Crippen LogP contribution < -0.4 is 0 Å². The van der Waals surface area contributed by atoms with Gasteiger partial charge in [0, 0.05) is 0 Å². The first kappa shape index (κ1) is 16.2. The van der Waals surface area contributed by atoms with E-state index in [4.69, 9.17) is 0 Å².